The van der Waals surface area contributed by atoms with Gasteiger partial charge in [-0.2, -0.15) is 5.10 Å². The first-order valence-electron chi connectivity index (χ1n) is 5.85. The zero-order valence-electron chi connectivity index (χ0n) is 10.4. The first kappa shape index (κ1) is 12.3. The molecule has 0 aromatic carbocycles. The predicted molar refractivity (Wildman–Crippen MR) is 73.4 cm³/mol. The van der Waals surface area contributed by atoms with Crippen LogP contribution < -0.4 is 5.59 Å². The Bertz CT molecular complexity index is 634. The van der Waals surface area contributed by atoms with Crippen LogP contribution >= 0.6 is 0 Å². The van der Waals surface area contributed by atoms with Gasteiger partial charge in [0.05, 0.1) is 18.1 Å². The van der Waals surface area contributed by atoms with Gasteiger partial charge < -0.3 is 0 Å². The van der Waals surface area contributed by atoms with E-state index in [0.717, 1.165) is 16.7 Å². The molecule has 0 saturated carbocycles. The number of hydrogen-bond donors (Lipinski definition) is 0. The van der Waals surface area contributed by atoms with Crippen molar-refractivity contribution in [1.82, 2.24) is 19.7 Å². The molecule has 0 aliphatic heterocycles. The molecule has 0 saturated heterocycles. The lowest BCUT2D eigenvalue weighted by molar-refractivity contribution is 0.889. The van der Waals surface area contributed by atoms with E-state index in [9.17, 15) is 0 Å². The minimum absolute atomic E-state index is 0.498. The second kappa shape index (κ2) is 5.45. The lowest BCUT2D eigenvalue weighted by atomic mass is 10.0. The van der Waals surface area contributed by atoms with Gasteiger partial charge in [-0.05, 0) is 29.9 Å². The van der Waals surface area contributed by atoms with E-state index in [2.05, 4.69) is 15.1 Å². The third-order valence-corrected chi connectivity index (χ3v) is 2.29. The summed E-state index contributed by atoms with van der Waals surface area (Å²) in [5, 5.41) is 4.38. The Morgan fingerprint density at radius 3 is 2.67 bits per heavy atom. The lowest BCUT2D eigenvalue weighted by Gasteiger charge is -1.97. The second-order valence-corrected chi connectivity index (χ2v) is 3.43. The van der Waals surface area contributed by atoms with Crippen LogP contribution in [0, 0.1) is 0 Å². The van der Waals surface area contributed by atoms with Crippen molar-refractivity contribution in [3.63, 3.8) is 0 Å². The molecule has 5 heteroatoms. The molecule has 2 radical (unpaired) electrons. The van der Waals surface area contributed by atoms with E-state index in [1.807, 2.05) is 38.2 Å². The molecule has 0 spiro atoms. The Labute approximate surface area is 107 Å². The number of rotatable bonds is 1. The molecule has 3 rings (SSSR count). The van der Waals surface area contributed by atoms with Gasteiger partial charge in [0.2, 0.25) is 0 Å². The van der Waals surface area contributed by atoms with E-state index in [1.54, 1.807) is 23.1 Å². The van der Waals surface area contributed by atoms with Crippen LogP contribution in [0.1, 0.15) is 13.8 Å². The molecule has 0 amide bonds. The average molecular weight is 236 g/mol. The van der Waals surface area contributed by atoms with Crippen molar-refractivity contribution < 1.29 is 0 Å². The van der Waals surface area contributed by atoms with E-state index < -0.39 is 0 Å². The van der Waals surface area contributed by atoms with E-state index in [0.29, 0.717) is 5.59 Å². The highest BCUT2D eigenvalue weighted by molar-refractivity contribution is 6.31. The standard InChI is InChI=1S/C11H7BN4.C2H6/c12-11-4-3-9-10(14-11)7-16(15-9)8-2-1-5-13-6-8;1-2/h1-7H;1-2H3. The van der Waals surface area contributed by atoms with Crippen LogP contribution in [0.3, 0.4) is 0 Å². The fourth-order valence-corrected chi connectivity index (χ4v) is 1.55. The third-order valence-electron chi connectivity index (χ3n) is 2.29. The van der Waals surface area contributed by atoms with Crippen molar-refractivity contribution in [1.29, 1.82) is 0 Å². The summed E-state index contributed by atoms with van der Waals surface area (Å²) in [5.41, 5.74) is 3.00. The van der Waals surface area contributed by atoms with Crippen molar-refractivity contribution in [3.05, 3.63) is 42.9 Å². The van der Waals surface area contributed by atoms with Gasteiger partial charge in [0.1, 0.15) is 18.9 Å². The van der Waals surface area contributed by atoms with E-state index in [4.69, 9.17) is 7.85 Å². The zero-order chi connectivity index (χ0) is 13.0. The Balaban J connectivity index is 0.000000574. The van der Waals surface area contributed by atoms with Crippen LogP contribution in [0.25, 0.3) is 16.7 Å². The Morgan fingerprint density at radius 1 is 1.11 bits per heavy atom. The lowest BCUT2D eigenvalue weighted by Crippen LogP contribution is -2.05. The molecular formula is C13H13BN4. The average Bonchev–Trinajstić information content (AvgIpc) is 2.85. The van der Waals surface area contributed by atoms with Gasteiger partial charge in [-0.1, -0.05) is 13.8 Å². The third kappa shape index (κ3) is 2.40. The molecule has 3 aromatic heterocycles. The molecule has 3 aromatic rings. The van der Waals surface area contributed by atoms with E-state index >= 15 is 0 Å². The van der Waals surface area contributed by atoms with Crippen LogP contribution in [-0.4, -0.2) is 27.6 Å². The van der Waals surface area contributed by atoms with Crippen molar-refractivity contribution >= 4 is 24.5 Å². The molecular weight excluding hydrogens is 223 g/mol. The van der Waals surface area contributed by atoms with Gasteiger partial charge in [0.25, 0.3) is 0 Å². The SMILES string of the molecule is CC.[B]c1ccc2nn(-c3cccnc3)cc2n1. The Hall–Kier alpha value is -2.17. The summed E-state index contributed by atoms with van der Waals surface area (Å²) in [6, 6.07) is 7.39. The minimum atomic E-state index is 0.498. The largest absolute Gasteiger partial charge is 0.262 e. The molecule has 4 nitrogen and oxygen atoms in total. The van der Waals surface area contributed by atoms with Crippen LogP contribution in [0.4, 0.5) is 0 Å². The fraction of sp³-hybridized carbons (Fsp3) is 0.154. The monoisotopic (exact) mass is 236 g/mol. The summed E-state index contributed by atoms with van der Waals surface area (Å²) < 4.78 is 1.74. The maximum absolute atomic E-state index is 5.61. The number of nitrogens with zero attached hydrogens (tertiary/aromatic N) is 4. The summed E-state index contributed by atoms with van der Waals surface area (Å²) in [4.78, 5) is 8.24. The zero-order valence-corrected chi connectivity index (χ0v) is 10.4. The number of fused-ring (bicyclic) bond motifs is 1. The minimum Gasteiger partial charge on any atom is -0.262 e. The molecule has 18 heavy (non-hydrogen) atoms. The summed E-state index contributed by atoms with van der Waals surface area (Å²) in [6.07, 6.45) is 5.31. The summed E-state index contributed by atoms with van der Waals surface area (Å²) in [6.45, 7) is 4.00. The smallest absolute Gasteiger partial charge is 0.141 e. The summed E-state index contributed by atoms with van der Waals surface area (Å²) >= 11 is 0. The number of aromatic nitrogens is 4. The molecule has 3 heterocycles. The van der Waals surface area contributed by atoms with Crippen LogP contribution in [-0.2, 0) is 0 Å². The van der Waals surface area contributed by atoms with Crippen LogP contribution in [0.15, 0.2) is 42.9 Å². The maximum Gasteiger partial charge on any atom is 0.141 e. The Morgan fingerprint density at radius 2 is 1.94 bits per heavy atom. The predicted octanol–water partition coefficient (Wildman–Crippen LogP) is 1.64. The molecule has 0 N–H and O–H groups in total. The second-order valence-electron chi connectivity index (χ2n) is 3.43. The molecule has 0 fully saturated rings. The summed E-state index contributed by atoms with van der Waals surface area (Å²) in [5.74, 6) is 0. The molecule has 0 aliphatic rings. The molecule has 0 bridgehead atoms. The van der Waals surface area contributed by atoms with Crippen LogP contribution in [0.5, 0.6) is 0 Å². The van der Waals surface area contributed by atoms with Crippen molar-refractivity contribution in [2.75, 3.05) is 0 Å². The normalized spacial score (nSPS) is 9.89. The highest BCUT2D eigenvalue weighted by atomic mass is 15.3. The fourth-order valence-electron chi connectivity index (χ4n) is 1.55. The van der Waals surface area contributed by atoms with Gasteiger partial charge in [-0.15, -0.1) is 0 Å². The quantitative estimate of drug-likeness (QED) is 0.603. The maximum atomic E-state index is 5.61. The Kier molecular flexibility index (Phi) is 3.72. The summed E-state index contributed by atoms with van der Waals surface area (Å²) in [7, 11) is 5.61. The highest BCUT2D eigenvalue weighted by Crippen LogP contribution is 2.11. The van der Waals surface area contributed by atoms with Gasteiger partial charge in [0, 0.05) is 6.20 Å². The molecule has 0 aliphatic carbocycles. The topological polar surface area (TPSA) is 43.6 Å². The molecule has 88 valence electrons. The van der Waals surface area contributed by atoms with Gasteiger partial charge in [0.15, 0.2) is 0 Å². The highest BCUT2D eigenvalue weighted by Gasteiger charge is 2.03. The first-order valence-corrected chi connectivity index (χ1v) is 5.85. The van der Waals surface area contributed by atoms with Gasteiger partial charge >= 0.3 is 0 Å². The van der Waals surface area contributed by atoms with Gasteiger partial charge in [-0.25, -0.2) is 4.68 Å². The van der Waals surface area contributed by atoms with Gasteiger partial charge in [-0.3, -0.25) is 9.97 Å². The van der Waals surface area contributed by atoms with Crippen LogP contribution in [0.2, 0.25) is 0 Å². The first-order chi connectivity index (χ1) is 8.83. The van der Waals surface area contributed by atoms with E-state index in [-0.39, 0.29) is 0 Å². The van der Waals surface area contributed by atoms with Crippen molar-refractivity contribution in [2.45, 2.75) is 13.8 Å². The van der Waals surface area contributed by atoms with E-state index in [1.165, 1.54) is 0 Å². The molecule has 0 unspecified atom stereocenters. The number of pyridine rings is 2. The van der Waals surface area contributed by atoms with Crippen molar-refractivity contribution in [3.8, 4) is 5.69 Å². The number of hydrogen-bond acceptors (Lipinski definition) is 3. The van der Waals surface area contributed by atoms with Crippen molar-refractivity contribution in [2.24, 2.45) is 0 Å². The molecule has 0 atom stereocenters.